The van der Waals surface area contributed by atoms with E-state index in [0.717, 1.165) is 11.3 Å². The summed E-state index contributed by atoms with van der Waals surface area (Å²) in [5.41, 5.74) is 2.11. The van der Waals surface area contributed by atoms with Crippen molar-refractivity contribution in [2.45, 2.75) is 6.92 Å². The number of allylic oxidation sites excluding steroid dienone is 1. The van der Waals surface area contributed by atoms with Crippen LogP contribution in [0.5, 0.6) is 0 Å². The van der Waals surface area contributed by atoms with E-state index in [1.165, 1.54) is 0 Å². The zero-order valence-electron chi connectivity index (χ0n) is 7.87. The minimum atomic E-state index is 0.0673. The molecule has 0 bridgehead atoms. The third-order valence-corrected chi connectivity index (χ3v) is 1.71. The zero-order valence-corrected chi connectivity index (χ0v) is 7.87. The van der Waals surface area contributed by atoms with Gasteiger partial charge in [-0.05, 0) is 30.7 Å². The second-order valence-corrected chi connectivity index (χ2v) is 2.82. The Morgan fingerprint density at radius 3 is 2.38 bits per heavy atom. The Bertz CT molecular complexity index is 311. The molecule has 1 aromatic rings. The van der Waals surface area contributed by atoms with Crippen molar-refractivity contribution in [3.8, 4) is 0 Å². The zero-order chi connectivity index (χ0) is 9.68. The van der Waals surface area contributed by atoms with Gasteiger partial charge in [-0.25, -0.2) is 0 Å². The Morgan fingerprint density at radius 2 is 1.92 bits per heavy atom. The molecule has 0 saturated heterocycles. The van der Waals surface area contributed by atoms with E-state index in [1.807, 2.05) is 37.4 Å². The number of carbonyl (C=O) groups excluding carboxylic acids is 1. The Kier molecular flexibility index (Phi) is 3.26. The lowest BCUT2D eigenvalue weighted by Crippen LogP contribution is -1.86. The van der Waals surface area contributed by atoms with Gasteiger partial charge in [0.1, 0.15) is 0 Å². The van der Waals surface area contributed by atoms with Crippen molar-refractivity contribution in [3.63, 3.8) is 0 Å². The predicted molar refractivity (Wildman–Crippen MR) is 55.7 cm³/mol. The van der Waals surface area contributed by atoms with Crippen LogP contribution in [-0.4, -0.2) is 12.8 Å². The quantitative estimate of drug-likeness (QED) is 0.714. The molecule has 0 aromatic heterocycles. The highest BCUT2D eigenvalue weighted by Gasteiger charge is 1.88. The molecule has 0 aliphatic carbocycles. The molecule has 1 N–H and O–H groups in total. The molecule has 0 aliphatic rings. The lowest BCUT2D eigenvalue weighted by atomic mass is 10.2. The number of hydrogen-bond acceptors (Lipinski definition) is 2. The van der Waals surface area contributed by atoms with E-state index in [1.54, 1.807) is 13.0 Å². The molecule has 1 rings (SSSR count). The fourth-order valence-corrected chi connectivity index (χ4v) is 0.974. The molecule has 0 fully saturated rings. The first-order chi connectivity index (χ1) is 6.22. The van der Waals surface area contributed by atoms with E-state index in [9.17, 15) is 4.79 Å². The number of rotatable bonds is 3. The van der Waals surface area contributed by atoms with Crippen LogP contribution in [-0.2, 0) is 4.79 Å². The van der Waals surface area contributed by atoms with Crippen molar-refractivity contribution in [1.29, 1.82) is 0 Å². The molecule has 13 heavy (non-hydrogen) atoms. The van der Waals surface area contributed by atoms with Gasteiger partial charge in [-0.2, -0.15) is 0 Å². The van der Waals surface area contributed by atoms with Crippen molar-refractivity contribution in [2.24, 2.45) is 0 Å². The van der Waals surface area contributed by atoms with Crippen LogP contribution in [0.3, 0.4) is 0 Å². The molecule has 2 heteroatoms. The molecular formula is C11H13NO. The summed E-state index contributed by atoms with van der Waals surface area (Å²) in [7, 11) is 1.88. The molecular weight excluding hydrogens is 162 g/mol. The van der Waals surface area contributed by atoms with Gasteiger partial charge < -0.3 is 5.32 Å². The molecule has 0 spiro atoms. The van der Waals surface area contributed by atoms with Gasteiger partial charge in [-0.3, -0.25) is 4.79 Å². The maximum atomic E-state index is 10.6. The maximum absolute atomic E-state index is 10.6. The topological polar surface area (TPSA) is 29.1 Å². The Hall–Kier alpha value is -1.57. The van der Waals surface area contributed by atoms with Gasteiger partial charge in [0.25, 0.3) is 0 Å². The molecule has 0 atom stereocenters. The fourth-order valence-electron chi connectivity index (χ4n) is 0.974. The number of nitrogens with one attached hydrogen (secondary N) is 1. The number of hydrogen-bond donors (Lipinski definition) is 1. The molecule has 0 unspecified atom stereocenters. The van der Waals surface area contributed by atoms with Crippen molar-refractivity contribution < 1.29 is 4.79 Å². The van der Waals surface area contributed by atoms with Crippen molar-refractivity contribution in [3.05, 3.63) is 35.9 Å². The monoisotopic (exact) mass is 175 g/mol. The van der Waals surface area contributed by atoms with Gasteiger partial charge in [0.05, 0.1) is 0 Å². The van der Waals surface area contributed by atoms with E-state index in [0.29, 0.717) is 0 Å². The van der Waals surface area contributed by atoms with Gasteiger partial charge in [-0.15, -0.1) is 0 Å². The van der Waals surface area contributed by atoms with E-state index in [-0.39, 0.29) is 5.78 Å². The fraction of sp³-hybridized carbons (Fsp3) is 0.182. The van der Waals surface area contributed by atoms with Gasteiger partial charge in [-0.1, -0.05) is 18.2 Å². The summed E-state index contributed by atoms with van der Waals surface area (Å²) in [5.74, 6) is 0.0673. The standard InChI is InChI=1S/C11H13NO/c1-9(13)3-4-10-5-7-11(12-2)8-6-10/h3-8,12H,1-2H3/b4-3+. The molecule has 2 nitrogen and oxygen atoms in total. The third kappa shape index (κ3) is 3.11. The van der Waals surface area contributed by atoms with Gasteiger partial charge in [0, 0.05) is 12.7 Å². The Morgan fingerprint density at radius 1 is 1.31 bits per heavy atom. The molecule has 68 valence electrons. The van der Waals surface area contributed by atoms with Crippen LogP contribution in [0, 0.1) is 0 Å². The highest BCUT2D eigenvalue weighted by molar-refractivity contribution is 5.91. The first kappa shape index (κ1) is 9.52. The summed E-state index contributed by atoms with van der Waals surface area (Å²) in [4.78, 5) is 10.6. The van der Waals surface area contributed by atoms with Crippen LogP contribution >= 0.6 is 0 Å². The van der Waals surface area contributed by atoms with Crippen LogP contribution < -0.4 is 5.32 Å². The summed E-state index contributed by atoms with van der Waals surface area (Å²) in [6.45, 7) is 1.54. The third-order valence-electron chi connectivity index (χ3n) is 1.71. The van der Waals surface area contributed by atoms with Gasteiger partial charge >= 0.3 is 0 Å². The molecule has 0 amide bonds. The normalized spacial score (nSPS) is 10.3. The largest absolute Gasteiger partial charge is 0.388 e. The highest BCUT2D eigenvalue weighted by atomic mass is 16.1. The molecule has 0 aliphatic heterocycles. The van der Waals surface area contributed by atoms with Crippen LogP contribution in [0.15, 0.2) is 30.3 Å². The van der Waals surface area contributed by atoms with E-state index in [2.05, 4.69) is 5.32 Å². The molecule has 0 saturated carbocycles. The Balaban J connectivity index is 2.75. The molecule has 1 aromatic carbocycles. The minimum Gasteiger partial charge on any atom is -0.388 e. The second kappa shape index (κ2) is 4.45. The minimum absolute atomic E-state index is 0.0673. The first-order valence-electron chi connectivity index (χ1n) is 4.19. The second-order valence-electron chi connectivity index (χ2n) is 2.82. The number of ketones is 1. The van der Waals surface area contributed by atoms with Crippen molar-refractivity contribution in [1.82, 2.24) is 0 Å². The number of carbonyl (C=O) groups is 1. The first-order valence-corrected chi connectivity index (χ1v) is 4.19. The van der Waals surface area contributed by atoms with Crippen LogP contribution in [0.1, 0.15) is 12.5 Å². The lowest BCUT2D eigenvalue weighted by Gasteiger charge is -1.98. The predicted octanol–water partition coefficient (Wildman–Crippen LogP) is 2.33. The van der Waals surface area contributed by atoms with Crippen molar-refractivity contribution in [2.75, 3.05) is 12.4 Å². The van der Waals surface area contributed by atoms with E-state index < -0.39 is 0 Å². The molecule has 0 radical (unpaired) electrons. The lowest BCUT2D eigenvalue weighted by molar-refractivity contribution is -0.112. The summed E-state index contributed by atoms with van der Waals surface area (Å²) in [5, 5.41) is 3.03. The number of benzene rings is 1. The number of anilines is 1. The van der Waals surface area contributed by atoms with E-state index >= 15 is 0 Å². The summed E-state index contributed by atoms with van der Waals surface area (Å²) in [6.07, 6.45) is 3.37. The van der Waals surface area contributed by atoms with Gasteiger partial charge in [0.15, 0.2) is 5.78 Å². The van der Waals surface area contributed by atoms with Gasteiger partial charge in [0.2, 0.25) is 0 Å². The van der Waals surface area contributed by atoms with Crippen LogP contribution in [0.2, 0.25) is 0 Å². The average molecular weight is 175 g/mol. The summed E-state index contributed by atoms with van der Waals surface area (Å²) < 4.78 is 0. The molecule has 0 heterocycles. The Labute approximate surface area is 78.3 Å². The maximum Gasteiger partial charge on any atom is 0.152 e. The smallest absolute Gasteiger partial charge is 0.152 e. The van der Waals surface area contributed by atoms with Crippen LogP contribution in [0.25, 0.3) is 6.08 Å². The summed E-state index contributed by atoms with van der Waals surface area (Å²) in [6, 6.07) is 7.87. The van der Waals surface area contributed by atoms with E-state index in [4.69, 9.17) is 0 Å². The SMILES string of the molecule is CNc1ccc(/C=C/C(C)=O)cc1. The highest BCUT2D eigenvalue weighted by Crippen LogP contribution is 2.09. The average Bonchev–Trinajstić information content (AvgIpc) is 2.15. The van der Waals surface area contributed by atoms with Crippen molar-refractivity contribution >= 4 is 17.5 Å². The summed E-state index contributed by atoms with van der Waals surface area (Å²) >= 11 is 0. The van der Waals surface area contributed by atoms with Crippen LogP contribution in [0.4, 0.5) is 5.69 Å².